The lowest BCUT2D eigenvalue weighted by Gasteiger charge is -2.22. The number of rotatable bonds is 4. The zero-order valence-corrected chi connectivity index (χ0v) is 9.13. The topological polar surface area (TPSA) is 74.2 Å². The maximum absolute atomic E-state index is 11.0. The second-order valence-electron chi connectivity index (χ2n) is 3.63. The minimum absolute atomic E-state index is 0.302. The Morgan fingerprint density at radius 3 is 3.18 bits per heavy atom. The molecule has 0 spiro atoms. The minimum atomic E-state index is -0.925. The summed E-state index contributed by atoms with van der Waals surface area (Å²) in [4.78, 5) is 15.0. The van der Waals surface area contributed by atoms with Gasteiger partial charge in [0.2, 0.25) is 0 Å². The molecule has 0 aromatic carbocycles. The van der Waals surface area contributed by atoms with Gasteiger partial charge in [0, 0.05) is 18.9 Å². The average Bonchev–Trinajstić information content (AvgIpc) is 2.38. The molecule has 17 heavy (non-hydrogen) atoms. The number of carboxylic acid groups (broad SMARTS) is 1. The predicted octanol–water partition coefficient (Wildman–Crippen LogP) is 0.625. The molecule has 1 unspecified atom stereocenters. The second kappa shape index (κ2) is 5.27. The lowest BCUT2D eigenvalue weighted by atomic mass is 10.1. The molecule has 88 valence electrons. The summed E-state index contributed by atoms with van der Waals surface area (Å²) in [7, 11) is 0. The van der Waals surface area contributed by atoms with Gasteiger partial charge in [-0.1, -0.05) is 6.07 Å². The zero-order valence-electron chi connectivity index (χ0n) is 9.13. The van der Waals surface area contributed by atoms with Crippen LogP contribution >= 0.6 is 0 Å². The number of hydrogen-bond acceptors (Lipinski definition) is 4. The quantitative estimate of drug-likeness (QED) is 0.708. The van der Waals surface area contributed by atoms with E-state index < -0.39 is 5.97 Å². The number of nitrogens with one attached hydrogen (secondary N) is 2. The molecular formula is C12H13N3O2. The van der Waals surface area contributed by atoms with Gasteiger partial charge in [-0.15, -0.1) is 0 Å². The molecule has 2 rings (SSSR count). The molecule has 0 fully saturated rings. The summed E-state index contributed by atoms with van der Waals surface area (Å²) in [5.41, 5.74) is 1.31. The Morgan fingerprint density at radius 1 is 1.59 bits per heavy atom. The first-order chi connectivity index (χ1) is 8.27. The fourth-order valence-electron chi connectivity index (χ4n) is 1.58. The Kier molecular flexibility index (Phi) is 3.52. The van der Waals surface area contributed by atoms with Gasteiger partial charge in [-0.2, -0.15) is 0 Å². The molecule has 1 aliphatic rings. The number of allylic oxidation sites excluding steroid dienone is 2. The molecule has 1 aromatic heterocycles. The van der Waals surface area contributed by atoms with Crippen LogP contribution < -0.4 is 10.6 Å². The van der Waals surface area contributed by atoms with Crippen LogP contribution in [0.5, 0.6) is 0 Å². The van der Waals surface area contributed by atoms with Crippen molar-refractivity contribution < 1.29 is 9.90 Å². The maximum atomic E-state index is 11.0. The summed E-state index contributed by atoms with van der Waals surface area (Å²) in [6, 6.07) is 3.78. The van der Waals surface area contributed by atoms with Crippen LogP contribution in [-0.4, -0.2) is 22.2 Å². The second-order valence-corrected chi connectivity index (χ2v) is 3.63. The summed E-state index contributed by atoms with van der Waals surface area (Å²) < 4.78 is 0. The highest BCUT2D eigenvalue weighted by Gasteiger charge is 2.19. The predicted molar refractivity (Wildman–Crippen MR) is 62.9 cm³/mol. The van der Waals surface area contributed by atoms with Gasteiger partial charge in [0.05, 0.1) is 5.57 Å². The zero-order chi connectivity index (χ0) is 12.1. The van der Waals surface area contributed by atoms with E-state index in [9.17, 15) is 4.79 Å². The number of hydrogen-bond donors (Lipinski definition) is 3. The lowest BCUT2D eigenvalue weighted by Crippen LogP contribution is -2.44. The minimum Gasteiger partial charge on any atom is -0.478 e. The van der Waals surface area contributed by atoms with Crippen LogP contribution in [0.15, 0.2) is 48.5 Å². The van der Waals surface area contributed by atoms with Crippen molar-refractivity contribution in [1.29, 1.82) is 0 Å². The molecule has 0 amide bonds. The number of carbonyl (C=O) groups is 1. The molecular weight excluding hydrogens is 218 g/mol. The number of pyridine rings is 1. The van der Waals surface area contributed by atoms with Crippen molar-refractivity contribution in [3.63, 3.8) is 0 Å². The molecule has 1 atom stereocenters. The third-order valence-electron chi connectivity index (χ3n) is 2.43. The van der Waals surface area contributed by atoms with Gasteiger partial charge in [-0.25, -0.2) is 4.79 Å². The van der Waals surface area contributed by atoms with Gasteiger partial charge in [-0.05, 0) is 30.0 Å². The van der Waals surface area contributed by atoms with E-state index in [4.69, 9.17) is 5.11 Å². The van der Waals surface area contributed by atoms with E-state index in [0.717, 1.165) is 5.56 Å². The van der Waals surface area contributed by atoms with Gasteiger partial charge >= 0.3 is 5.97 Å². The Hall–Kier alpha value is -2.14. The molecule has 1 aliphatic heterocycles. The van der Waals surface area contributed by atoms with Crippen LogP contribution in [0, 0.1) is 0 Å². The van der Waals surface area contributed by atoms with Crippen molar-refractivity contribution >= 4 is 5.97 Å². The van der Waals surface area contributed by atoms with E-state index in [1.54, 1.807) is 30.7 Å². The lowest BCUT2D eigenvalue weighted by molar-refractivity contribution is -0.133. The van der Waals surface area contributed by atoms with Crippen LogP contribution in [0.1, 0.15) is 5.56 Å². The first-order valence-electron chi connectivity index (χ1n) is 5.26. The Morgan fingerprint density at radius 2 is 2.47 bits per heavy atom. The van der Waals surface area contributed by atoms with Crippen molar-refractivity contribution in [2.75, 3.05) is 0 Å². The van der Waals surface area contributed by atoms with E-state index in [-0.39, 0.29) is 6.17 Å². The first kappa shape index (κ1) is 11.3. The van der Waals surface area contributed by atoms with E-state index >= 15 is 0 Å². The van der Waals surface area contributed by atoms with Crippen molar-refractivity contribution in [3.05, 3.63) is 54.0 Å². The molecule has 0 bridgehead atoms. The standard InChI is InChI=1S/C12H13N3O2/c16-12(17)10-4-2-6-14-11(10)15-8-9-3-1-5-13-7-9/h1-7,11,14-15H,8H2,(H,16,17). The first-order valence-corrected chi connectivity index (χ1v) is 5.26. The summed E-state index contributed by atoms with van der Waals surface area (Å²) in [6.07, 6.45) is 8.04. The van der Waals surface area contributed by atoms with E-state index in [1.807, 2.05) is 12.1 Å². The van der Waals surface area contributed by atoms with Gasteiger partial charge in [-0.3, -0.25) is 10.3 Å². The number of carboxylic acids is 1. The van der Waals surface area contributed by atoms with E-state index in [1.165, 1.54) is 0 Å². The van der Waals surface area contributed by atoms with Crippen LogP contribution in [0.3, 0.4) is 0 Å². The molecule has 3 N–H and O–H groups in total. The molecule has 0 aliphatic carbocycles. The molecule has 2 heterocycles. The third kappa shape index (κ3) is 2.92. The Bertz CT molecular complexity index is 454. The summed E-state index contributed by atoms with van der Waals surface area (Å²) in [5.74, 6) is -0.925. The summed E-state index contributed by atoms with van der Waals surface area (Å²) >= 11 is 0. The van der Waals surface area contributed by atoms with Crippen LogP contribution in [-0.2, 0) is 11.3 Å². The highest BCUT2D eigenvalue weighted by molar-refractivity contribution is 5.88. The van der Waals surface area contributed by atoms with E-state index in [2.05, 4.69) is 15.6 Å². The molecule has 1 aromatic rings. The maximum Gasteiger partial charge on any atom is 0.335 e. The van der Waals surface area contributed by atoms with E-state index in [0.29, 0.717) is 12.1 Å². The number of aliphatic carboxylic acids is 1. The molecule has 5 heteroatoms. The molecule has 0 saturated heterocycles. The van der Waals surface area contributed by atoms with Crippen LogP contribution in [0.25, 0.3) is 0 Å². The SMILES string of the molecule is O=C(O)C1=CC=CNC1NCc1cccnc1. The highest BCUT2D eigenvalue weighted by atomic mass is 16.4. The Balaban J connectivity index is 1.98. The largest absolute Gasteiger partial charge is 0.478 e. The van der Waals surface area contributed by atoms with Crippen LogP contribution in [0.4, 0.5) is 0 Å². The fourth-order valence-corrected chi connectivity index (χ4v) is 1.58. The molecule has 0 radical (unpaired) electrons. The number of nitrogens with zero attached hydrogens (tertiary/aromatic N) is 1. The normalized spacial score (nSPS) is 18.4. The van der Waals surface area contributed by atoms with Gasteiger partial charge < -0.3 is 10.4 Å². The summed E-state index contributed by atoms with van der Waals surface area (Å²) in [5, 5.41) is 15.1. The van der Waals surface area contributed by atoms with Gasteiger partial charge in [0.25, 0.3) is 0 Å². The van der Waals surface area contributed by atoms with Gasteiger partial charge in [0.15, 0.2) is 0 Å². The number of dihydropyridines is 1. The average molecular weight is 231 g/mol. The van der Waals surface area contributed by atoms with Crippen molar-refractivity contribution in [1.82, 2.24) is 15.6 Å². The monoisotopic (exact) mass is 231 g/mol. The fraction of sp³-hybridized carbons (Fsp3) is 0.167. The van der Waals surface area contributed by atoms with Gasteiger partial charge in [0.1, 0.15) is 6.17 Å². The van der Waals surface area contributed by atoms with Crippen molar-refractivity contribution in [2.24, 2.45) is 0 Å². The Labute approximate surface area is 98.9 Å². The summed E-state index contributed by atoms with van der Waals surface area (Å²) in [6.45, 7) is 0.559. The third-order valence-corrected chi connectivity index (χ3v) is 2.43. The highest BCUT2D eigenvalue weighted by Crippen LogP contribution is 2.06. The van der Waals surface area contributed by atoms with Crippen molar-refractivity contribution in [3.8, 4) is 0 Å². The van der Waals surface area contributed by atoms with Crippen LogP contribution in [0.2, 0.25) is 0 Å². The smallest absolute Gasteiger partial charge is 0.335 e. The van der Waals surface area contributed by atoms with Crippen molar-refractivity contribution in [2.45, 2.75) is 12.7 Å². The number of aromatic nitrogens is 1. The molecule has 5 nitrogen and oxygen atoms in total. The molecule has 0 saturated carbocycles.